The van der Waals surface area contributed by atoms with Crippen LogP contribution < -0.4 is 10.1 Å². The molecular weight excluding hydrogens is 376 g/mol. The zero-order valence-corrected chi connectivity index (χ0v) is 16.8. The Bertz CT molecular complexity index is 1140. The summed E-state index contributed by atoms with van der Waals surface area (Å²) < 4.78 is 7.07. The summed E-state index contributed by atoms with van der Waals surface area (Å²) in [5, 5.41) is 7.78. The van der Waals surface area contributed by atoms with Crippen LogP contribution in [0.25, 0.3) is 16.9 Å². The molecule has 6 heteroatoms. The van der Waals surface area contributed by atoms with Gasteiger partial charge in [-0.25, -0.2) is 4.68 Å². The molecule has 0 fully saturated rings. The quantitative estimate of drug-likeness (QED) is 0.522. The summed E-state index contributed by atoms with van der Waals surface area (Å²) in [6.45, 7) is 1.94. The van der Waals surface area contributed by atoms with E-state index in [-0.39, 0.29) is 11.9 Å². The maximum atomic E-state index is 13.2. The third-order valence-electron chi connectivity index (χ3n) is 4.88. The molecule has 1 atom stereocenters. The number of pyridine rings is 1. The van der Waals surface area contributed by atoms with Crippen molar-refractivity contribution >= 4 is 5.91 Å². The fraction of sp³-hybridized carbons (Fsp3) is 0.125. The van der Waals surface area contributed by atoms with Crippen LogP contribution in [0.5, 0.6) is 5.75 Å². The fourth-order valence-corrected chi connectivity index (χ4v) is 3.25. The predicted octanol–water partition coefficient (Wildman–Crippen LogP) is 4.43. The van der Waals surface area contributed by atoms with Gasteiger partial charge in [0.25, 0.3) is 5.91 Å². The van der Waals surface area contributed by atoms with Crippen molar-refractivity contribution in [1.82, 2.24) is 20.1 Å². The molecular formula is C24H22N4O2. The molecule has 30 heavy (non-hydrogen) atoms. The summed E-state index contributed by atoms with van der Waals surface area (Å²) in [6, 6.07) is 20.9. The first-order valence-electron chi connectivity index (χ1n) is 9.66. The SMILES string of the molecule is COc1cccc(-c2nn(-c3ccccc3)cc2C(=O)N[C@H](C)c2ccncc2)c1. The molecule has 0 aliphatic rings. The van der Waals surface area contributed by atoms with E-state index in [9.17, 15) is 4.79 Å². The van der Waals surface area contributed by atoms with Crippen molar-refractivity contribution in [3.8, 4) is 22.7 Å². The fourth-order valence-electron chi connectivity index (χ4n) is 3.25. The molecule has 0 bridgehead atoms. The predicted molar refractivity (Wildman–Crippen MR) is 116 cm³/mol. The number of hydrogen-bond donors (Lipinski definition) is 1. The number of carbonyl (C=O) groups is 1. The van der Waals surface area contributed by atoms with Crippen molar-refractivity contribution in [2.24, 2.45) is 0 Å². The molecule has 2 aromatic carbocycles. The Balaban J connectivity index is 1.73. The highest BCUT2D eigenvalue weighted by Gasteiger charge is 2.21. The first-order valence-corrected chi connectivity index (χ1v) is 9.66. The summed E-state index contributed by atoms with van der Waals surface area (Å²) in [6.07, 6.45) is 5.19. The normalized spacial score (nSPS) is 11.7. The van der Waals surface area contributed by atoms with Crippen molar-refractivity contribution < 1.29 is 9.53 Å². The van der Waals surface area contributed by atoms with E-state index >= 15 is 0 Å². The molecule has 0 unspecified atom stereocenters. The van der Waals surface area contributed by atoms with E-state index in [0.29, 0.717) is 17.0 Å². The number of ether oxygens (including phenoxy) is 1. The van der Waals surface area contributed by atoms with Gasteiger partial charge in [0.1, 0.15) is 11.4 Å². The van der Waals surface area contributed by atoms with Crippen LogP contribution in [0.15, 0.2) is 85.3 Å². The van der Waals surface area contributed by atoms with E-state index < -0.39 is 0 Å². The molecule has 2 aromatic heterocycles. The van der Waals surface area contributed by atoms with E-state index in [2.05, 4.69) is 10.3 Å². The molecule has 0 radical (unpaired) electrons. The number of carbonyl (C=O) groups excluding carboxylic acids is 1. The molecule has 0 aliphatic heterocycles. The van der Waals surface area contributed by atoms with Crippen LogP contribution in [-0.2, 0) is 0 Å². The van der Waals surface area contributed by atoms with Gasteiger partial charge in [0.2, 0.25) is 0 Å². The number of nitrogens with one attached hydrogen (secondary N) is 1. The van der Waals surface area contributed by atoms with E-state index in [1.165, 1.54) is 0 Å². The van der Waals surface area contributed by atoms with Gasteiger partial charge < -0.3 is 10.1 Å². The molecule has 0 saturated heterocycles. The van der Waals surface area contributed by atoms with Crippen LogP contribution >= 0.6 is 0 Å². The zero-order valence-electron chi connectivity index (χ0n) is 16.8. The Morgan fingerprint density at radius 3 is 2.53 bits per heavy atom. The number of amides is 1. The minimum atomic E-state index is -0.195. The summed E-state index contributed by atoms with van der Waals surface area (Å²) >= 11 is 0. The molecule has 1 amide bonds. The lowest BCUT2D eigenvalue weighted by Crippen LogP contribution is -2.26. The molecule has 6 nitrogen and oxygen atoms in total. The Kier molecular flexibility index (Phi) is 5.57. The lowest BCUT2D eigenvalue weighted by Gasteiger charge is -2.14. The molecule has 4 rings (SSSR count). The van der Waals surface area contributed by atoms with Crippen LogP contribution in [0, 0.1) is 0 Å². The highest BCUT2D eigenvalue weighted by Crippen LogP contribution is 2.27. The second-order valence-corrected chi connectivity index (χ2v) is 6.88. The zero-order chi connectivity index (χ0) is 20.9. The number of benzene rings is 2. The molecule has 150 valence electrons. The maximum absolute atomic E-state index is 13.2. The number of aromatic nitrogens is 3. The summed E-state index contributed by atoms with van der Waals surface area (Å²) in [5.74, 6) is 0.512. The number of hydrogen-bond acceptors (Lipinski definition) is 4. The van der Waals surface area contributed by atoms with Crippen LogP contribution in [-0.4, -0.2) is 27.8 Å². The molecule has 2 heterocycles. The van der Waals surface area contributed by atoms with Gasteiger partial charge in [0.05, 0.1) is 24.4 Å². The summed E-state index contributed by atoms with van der Waals surface area (Å²) in [7, 11) is 1.62. The largest absolute Gasteiger partial charge is 0.497 e. The van der Waals surface area contributed by atoms with Crippen molar-refractivity contribution in [3.63, 3.8) is 0 Å². The van der Waals surface area contributed by atoms with Gasteiger partial charge in [-0.3, -0.25) is 9.78 Å². The molecule has 0 spiro atoms. The standard InChI is InChI=1S/C24H22N4O2/c1-17(18-11-13-25-14-12-18)26-24(29)22-16-28(20-8-4-3-5-9-20)27-23(22)19-7-6-10-21(15-19)30-2/h3-17H,1-2H3,(H,26,29)/t17-/m1/s1. The van der Waals surface area contributed by atoms with Gasteiger partial charge in [-0.2, -0.15) is 5.10 Å². The summed E-state index contributed by atoms with van der Waals surface area (Å²) in [4.78, 5) is 17.2. The second kappa shape index (κ2) is 8.61. The molecule has 0 saturated carbocycles. The molecule has 1 N–H and O–H groups in total. The highest BCUT2D eigenvalue weighted by molar-refractivity contribution is 6.00. The van der Waals surface area contributed by atoms with E-state index in [1.807, 2.05) is 73.7 Å². The summed E-state index contributed by atoms with van der Waals surface area (Å²) in [5.41, 5.74) is 3.76. The number of rotatable bonds is 6. The van der Waals surface area contributed by atoms with Crippen LogP contribution in [0.2, 0.25) is 0 Å². The number of nitrogens with zero attached hydrogens (tertiary/aromatic N) is 3. The monoisotopic (exact) mass is 398 g/mol. The van der Waals surface area contributed by atoms with E-state index in [1.54, 1.807) is 30.4 Å². The average molecular weight is 398 g/mol. The van der Waals surface area contributed by atoms with Gasteiger partial charge in [0.15, 0.2) is 0 Å². The van der Waals surface area contributed by atoms with E-state index in [0.717, 1.165) is 16.8 Å². The minimum Gasteiger partial charge on any atom is -0.497 e. The molecule has 0 aliphatic carbocycles. The van der Waals surface area contributed by atoms with Crippen molar-refractivity contribution in [2.75, 3.05) is 7.11 Å². The van der Waals surface area contributed by atoms with Crippen LogP contribution in [0.3, 0.4) is 0 Å². The second-order valence-electron chi connectivity index (χ2n) is 6.88. The number of para-hydroxylation sites is 1. The molecule has 4 aromatic rings. The Labute approximate surface area is 175 Å². The highest BCUT2D eigenvalue weighted by atomic mass is 16.5. The Morgan fingerprint density at radius 1 is 1.03 bits per heavy atom. The minimum absolute atomic E-state index is 0.168. The Morgan fingerprint density at radius 2 is 1.80 bits per heavy atom. The smallest absolute Gasteiger partial charge is 0.255 e. The first kappa shape index (κ1) is 19.4. The number of methoxy groups -OCH3 is 1. The third kappa shape index (κ3) is 4.07. The lowest BCUT2D eigenvalue weighted by molar-refractivity contribution is 0.0940. The van der Waals surface area contributed by atoms with E-state index in [4.69, 9.17) is 9.84 Å². The van der Waals surface area contributed by atoms with Crippen molar-refractivity contribution in [1.29, 1.82) is 0 Å². The first-order chi connectivity index (χ1) is 14.7. The average Bonchev–Trinajstić information content (AvgIpc) is 3.26. The van der Waals surface area contributed by atoms with Crippen LogP contribution in [0.1, 0.15) is 28.9 Å². The third-order valence-corrected chi connectivity index (χ3v) is 4.88. The van der Waals surface area contributed by atoms with Gasteiger partial charge in [0, 0.05) is 24.2 Å². The van der Waals surface area contributed by atoms with Gasteiger partial charge in [-0.05, 0) is 48.9 Å². The van der Waals surface area contributed by atoms with Gasteiger partial charge in [-0.15, -0.1) is 0 Å². The van der Waals surface area contributed by atoms with Crippen molar-refractivity contribution in [2.45, 2.75) is 13.0 Å². The topological polar surface area (TPSA) is 69.0 Å². The lowest BCUT2D eigenvalue weighted by atomic mass is 10.1. The Hall–Kier alpha value is -3.93. The van der Waals surface area contributed by atoms with Crippen LogP contribution in [0.4, 0.5) is 0 Å². The van der Waals surface area contributed by atoms with Crippen molar-refractivity contribution in [3.05, 3.63) is 96.4 Å². The maximum Gasteiger partial charge on any atom is 0.255 e. The van der Waals surface area contributed by atoms with Gasteiger partial charge >= 0.3 is 0 Å². The van der Waals surface area contributed by atoms with Gasteiger partial charge in [-0.1, -0.05) is 30.3 Å².